The molecule has 1 N–H and O–H groups in total. The molecule has 2 unspecified atom stereocenters. The normalized spacial score (nSPS) is 27.2. The topological polar surface area (TPSA) is 23.5 Å². The molecule has 1 heterocycles. The van der Waals surface area contributed by atoms with Crippen LogP contribution in [0.3, 0.4) is 0 Å². The Kier molecular flexibility index (Phi) is 6.39. The summed E-state index contributed by atoms with van der Waals surface area (Å²) < 4.78 is 0. The quantitative estimate of drug-likeness (QED) is 0.653. The molecule has 0 aromatic carbocycles. The van der Waals surface area contributed by atoms with E-state index in [-0.39, 0.29) is 6.10 Å². The predicted octanol–water partition coefficient (Wildman–Crippen LogP) is 1.74. The Labute approximate surface area is 76.6 Å². The van der Waals surface area contributed by atoms with Crippen LogP contribution < -0.4 is 0 Å². The van der Waals surface area contributed by atoms with Gasteiger partial charge in [0.15, 0.2) is 0 Å². The van der Waals surface area contributed by atoms with Gasteiger partial charge in [0.25, 0.3) is 0 Å². The van der Waals surface area contributed by atoms with E-state index in [2.05, 4.69) is 11.9 Å². The third-order valence-corrected chi connectivity index (χ3v) is 2.34. The van der Waals surface area contributed by atoms with Crippen molar-refractivity contribution in [2.75, 3.05) is 20.1 Å². The lowest BCUT2D eigenvalue weighted by Gasteiger charge is -2.31. The largest absolute Gasteiger partial charge is 0.393 e. The van der Waals surface area contributed by atoms with Crippen LogP contribution in [0.1, 0.15) is 33.6 Å². The van der Waals surface area contributed by atoms with Crippen molar-refractivity contribution in [2.45, 2.75) is 39.7 Å². The second-order valence-corrected chi connectivity index (χ2v) is 3.41. The van der Waals surface area contributed by atoms with Crippen molar-refractivity contribution < 1.29 is 5.11 Å². The van der Waals surface area contributed by atoms with Gasteiger partial charge in [-0.3, -0.25) is 0 Å². The van der Waals surface area contributed by atoms with Crippen molar-refractivity contribution in [3.63, 3.8) is 0 Å². The molecule has 74 valence electrons. The minimum Gasteiger partial charge on any atom is -0.393 e. The van der Waals surface area contributed by atoms with Crippen LogP contribution in [-0.4, -0.2) is 36.2 Å². The maximum atomic E-state index is 9.27. The van der Waals surface area contributed by atoms with Crippen molar-refractivity contribution in [3.05, 3.63) is 0 Å². The average Bonchev–Trinajstić information content (AvgIpc) is 2.08. The third-order valence-electron chi connectivity index (χ3n) is 2.34. The SMILES string of the molecule is CC.CC(O)C1CCCN(C)C1. The van der Waals surface area contributed by atoms with Gasteiger partial charge in [0.1, 0.15) is 0 Å². The van der Waals surface area contributed by atoms with Crippen LogP contribution in [0.15, 0.2) is 0 Å². The van der Waals surface area contributed by atoms with Gasteiger partial charge in [-0.15, -0.1) is 0 Å². The molecule has 0 saturated carbocycles. The first-order valence-electron chi connectivity index (χ1n) is 5.07. The molecule has 1 fully saturated rings. The van der Waals surface area contributed by atoms with Crippen LogP contribution >= 0.6 is 0 Å². The van der Waals surface area contributed by atoms with E-state index < -0.39 is 0 Å². The van der Waals surface area contributed by atoms with E-state index >= 15 is 0 Å². The number of hydrogen-bond donors (Lipinski definition) is 1. The molecule has 2 heteroatoms. The molecule has 1 aliphatic rings. The standard InChI is InChI=1S/C8H17NO.C2H6/c1-7(10)8-4-3-5-9(2)6-8;1-2/h7-8,10H,3-6H2,1-2H3;1-2H3. The summed E-state index contributed by atoms with van der Waals surface area (Å²) in [5.41, 5.74) is 0. The molecule has 0 aliphatic carbocycles. The Balaban J connectivity index is 0.000000561. The Morgan fingerprint density at radius 3 is 2.33 bits per heavy atom. The minimum atomic E-state index is -0.122. The summed E-state index contributed by atoms with van der Waals surface area (Å²) in [6, 6.07) is 0. The summed E-state index contributed by atoms with van der Waals surface area (Å²) in [5.74, 6) is 0.513. The number of hydrogen-bond acceptors (Lipinski definition) is 2. The molecule has 1 saturated heterocycles. The van der Waals surface area contributed by atoms with Crippen molar-refractivity contribution in [1.82, 2.24) is 4.90 Å². The highest BCUT2D eigenvalue weighted by atomic mass is 16.3. The Hall–Kier alpha value is -0.0800. The molecule has 1 rings (SSSR count). The van der Waals surface area contributed by atoms with Gasteiger partial charge >= 0.3 is 0 Å². The highest BCUT2D eigenvalue weighted by Crippen LogP contribution is 2.17. The van der Waals surface area contributed by atoms with Gasteiger partial charge in [0, 0.05) is 6.54 Å². The average molecular weight is 173 g/mol. The summed E-state index contributed by atoms with van der Waals surface area (Å²) in [4.78, 5) is 2.29. The maximum absolute atomic E-state index is 9.27. The van der Waals surface area contributed by atoms with Crippen LogP contribution in [0, 0.1) is 5.92 Å². The van der Waals surface area contributed by atoms with E-state index in [1.807, 2.05) is 20.8 Å². The van der Waals surface area contributed by atoms with Crippen molar-refractivity contribution in [1.29, 1.82) is 0 Å². The van der Waals surface area contributed by atoms with E-state index in [0.29, 0.717) is 5.92 Å². The second-order valence-electron chi connectivity index (χ2n) is 3.41. The van der Waals surface area contributed by atoms with Crippen LogP contribution in [-0.2, 0) is 0 Å². The fourth-order valence-corrected chi connectivity index (χ4v) is 1.60. The number of nitrogens with zero attached hydrogens (tertiary/aromatic N) is 1. The lowest BCUT2D eigenvalue weighted by molar-refractivity contribution is 0.0728. The molecule has 0 aromatic heterocycles. The van der Waals surface area contributed by atoms with Crippen molar-refractivity contribution in [3.8, 4) is 0 Å². The van der Waals surface area contributed by atoms with Gasteiger partial charge < -0.3 is 10.0 Å². The lowest BCUT2D eigenvalue weighted by Crippen LogP contribution is -2.36. The monoisotopic (exact) mass is 173 g/mol. The number of rotatable bonds is 1. The van der Waals surface area contributed by atoms with E-state index in [9.17, 15) is 5.11 Å². The Morgan fingerprint density at radius 1 is 1.42 bits per heavy atom. The maximum Gasteiger partial charge on any atom is 0.0552 e. The number of aliphatic hydroxyl groups is 1. The van der Waals surface area contributed by atoms with E-state index in [1.165, 1.54) is 19.4 Å². The summed E-state index contributed by atoms with van der Waals surface area (Å²) in [5, 5.41) is 9.27. The van der Waals surface area contributed by atoms with Gasteiger partial charge in [0.05, 0.1) is 6.10 Å². The van der Waals surface area contributed by atoms with E-state index in [1.54, 1.807) is 0 Å². The summed E-state index contributed by atoms with van der Waals surface area (Å²) in [6.45, 7) is 8.16. The molecule has 0 radical (unpaired) electrons. The molecule has 2 nitrogen and oxygen atoms in total. The highest BCUT2D eigenvalue weighted by molar-refractivity contribution is 4.73. The fourth-order valence-electron chi connectivity index (χ4n) is 1.60. The fraction of sp³-hybridized carbons (Fsp3) is 1.00. The van der Waals surface area contributed by atoms with Crippen molar-refractivity contribution in [2.24, 2.45) is 5.92 Å². The molecule has 1 aliphatic heterocycles. The molecule has 0 aromatic rings. The number of piperidine rings is 1. The number of likely N-dealkylation sites (tertiary alicyclic amines) is 1. The summed E-state index contributed by atoms with van der Waals surface area (Å²) in [7, 11) is 2.12. The molecule has 12 heavy (non-hydrogen) atoms. The van der Waals surface area contributed by atoms with Gasteiger partial charge in [-0.1, -0.05) is 13.8 Å². The van der Waals surface area contributed by atoms with Gasteiger partial charge in [-0.25, -0.2) is 0 Å². The molecule has 2 atom stereocenters. The van der Waals surface area contributed by atoms with Gasteiger partial charge in [-0.05, 0) is 39.3 Å². The van der Waals surface area contributed by atoms with E-state index in [0.717, 1.165) is 6.54 Å². The predicted molar refractivity (Wildman–Crippen MR) is 53.2 cm³/mol. The summed E-state index contributed by atoms with van der Waals surface area (Å²) >= 11 is 0. The molecule has 0 bridgehead atoms. The first-order valence-corrected chi connectivity index (χ1v) is 5.07. The Morgan fingerprint density at radius 2 is 2.00 bits per heavy atom. The minimum absolute atomic E-state index is 0.122. The first kappa shape index (κ1) is 11.9. The van der Waals surface area contributed by atoms with Crippen LogP contribution in [0.4, 0.5) is 0 Å². The number of aliphatic hydroxyl groups excluding tert-OH is 1. The van der Waals surface area contributed by atoms with Crippen LogP contribution in [0.5, 0.6) is 0 Å². The second kappa shape index (κ2) is 6.44. The zero-order chi connectivity index (χ0) is 9.56. The smallest absolute Gasteiger partial charge is 0.0552 e. The highest BCUT2D eigenvalue weighted by Gasteiger charge is 2.20. The molecular weight excluding hydrogens is 150 g/mol. The third kappa shape index (κ3) is 4.07. The molecule has 0 spiro atoms. The zero-order valence-electron chi connectivity index (χ0n) is 8.88. The lowest BCUT2D eigenvalue weighted by atomic mass is 9.94. The van der Waals surface area contributed by atoms with E-state index in [4.69, 9.17) is 0 Å². The van der Waals surface area contributed by atoms with Gasteiger partial charge in [0.2, 0.25) is 0 Å². The van der Waals surface area contributed by atoms with Crippen LogP contribution in [0.2, 0.25) is 0 Å². The molecular formula is C10H23NO. The van der Waals surface area contributed by atoms with Gasteiger partial charge in [-0.2, -0.15) is 0 Å². The molecule has 0 amide bonds. The first-order chi connectivity index (χ1) is 5.70. The Bertz CT molecular complexity index is 104. The van der Waals surface area contributed by atoms with Crippen molar-refractivity contribution >= 4 is 0 Å². The van der Waals surface area contributed by atoms with Crippen LogP contribution in [0.25, 0.3) is 0 Å². The zero-order valence-corrected chi connectivity index (χ0v) is 8.88. The summed E-state index contributed by atoms with van der Waals surface area (Å²) in [6.07, 6.45) is 2.32.